The molecule has 0 aliphatic carbocycles. The third kappa shape index (κ3) is 6.46. The number of benzene rings is 1. The molecule has 7 nitrogen and oxygen atoms in total. The quantitative estimate of drug-likeness (QED) is 0.540. The van der Waals surface area contributed by atoms with Gasteiger partial charge in [0.15, 0.2) is 0 Å². The van der Waals surface area contributed by atoms with Crippen molar-refractivity contribution in [2.75, 3.05) is 32.8 Å². The summed E-state index contributed by atoms with van der Waals surface area (Å²) < 4.78 is 45.4. The molecular formula is C28H35F3N4O3. The van der Waals surface area contributed by atoms with Crippen molar-refractivity contribution in [2.45, 2.75) is 51.7 Å². The van der Waals surface area contributed by atoms with Crippen LogP contribution < -0.4 is 10.5 Å². The largest absolute Gasteiger partial charge is 0.477 e. The molecule has 2 aliphatic rings. The number of alkyl halides is 3. The second kappa shape index (κ2) is 11.3. The molecule has 2 saturated heterocycles. The van der Waals surface area contributed by atoms with Crippen molar-refractivity contribution in [1.82, 2.24) is 14.8 Å². The second-order valence-electron chi connectivity index (χ2n) is 10.9. The van der Waals surface area contributed by atoms with Crippen LogP contribution >= 0.6 is 0 Å². The molecule has 1 unspecified atom stereocenters. The maximum atomic E-state index is 13.2. The summed E-state index contributed by atoms with van der Waals surface area (Å²) in [5.41, 5.74) is 5.97. The summed E-state index contributed by atoms with van der Waals surface area (Å²) in [7, 11) is 0. The zero-order chi connectivity index (χ0) is 27.5. The Balaban J connectivity index is 1.26. The average molecular weight is 533 g/mol. The first-order valence-corrected chi connectivity index (χ1v) is 13.0. The van der Waals surface area contributed by atoms with E-state index in [2.05, 4.69) is 4.98 Å². The molecule has 2 aliphatic heterocycles. The lowest BCUT2D eigenvalue weighted by molar-refractivity contribution is -0.217. The highest BCUT2D eigenvalue weighted by atomic mass is 19.4. The summed E-state index contributed by atoms with van der Waals surface area (Å²) in [6.07, 6.45) is 0.421. The van der Waals surface area contributed by atoms with Crippen LogP contribution in [-0.4, -0.2) is 71.6 Å². The monoisotopic (exact) mass is 532 g/mol. The van der Waals surface area contributed by atoms with Gasteiger partial charge in [0.25, 0.3) is 5.91 Å². The average Bonchev–Trinajstić information content (AvgIpc) is 3.38. The van der Waals surface area contributed by atoms with Crippen molar-refractivity contribution in [3.8, 4) is 17.0 Å². The first-order valence-electron chi connectivity index (χ1n) is 13.0. The minimum Gasteiger partial charge on any atom is -0.477 e. The molecule has 0 radical (unpaired) electrons. The van der Waals surface area contributed by atoms with E-state index in [-0.39, 0.29) is 18.4 Å². The molecular weight excluding hydrogens is 497 g/mol. The van der Waals surface area contributed by atoms with Crippen LogP contribution in [0.5, 0.6) is 5.88 Å². The summed E-state index contributed by atoms with van der Waals surface area (Å²) in [4.78, 5) is 32.3. The predicted molar refractivity (Wildman–Crippen MR) is 137 cm³/mol. The van der Waals surface area contributed by atoms with Crippen LogP contribution in [0.1, 0.15) is 49.9 Å². The minimum atomic E-state index is -4.21. The van der Waals surface area contributed by atoms with Crippen LogP contribution in [0, 0.1) is 11.3 Å². The van der Waals surface area contributed by atoms with E-state index in [0.29, 0.717) is 44.1 Å². The van der Waals surface area contributed by atoms with Gasteiger partial charge in [-0.3, -0.25) is 9.59 Å². The van der Waals surface area contributed by atoms with Crippen LogP contribution in [-0.2, 0) is 4.79 Å². The fraction of sp³-hybridized carbons (Fsp3) is 0.536. The molecule has 10 heteroatoms. The number of hydrogen-bond acceptors (Lipinski definition) is 5. The molecule has 1 aromatic heterocycles. The Morgan fingerprint density at radius 3 is 2.24 bits per heavy atom. The fourth-order valence-corrected chi connectivity index (χ4v) is 5.08. The van der Waals surface area contributed by atoms with E-state index in [0.717, 1.165) is 30.4 Å². The van der Waals surface area contributed by atoms with E-state index in [1.165, 1.54) is 18.7 Å². The zero-order valence-corrected chi connectivity index (χ0v) is 21.8. The van der Waals surface area contributed by atoms with Crippen molar-refractivity contribution in [3.05, 3.63) is 48.2 Å². The predicted octanol–water partition coefficient (Wildman–Crippen LogP) is 4.52. The van der Waals surface area contributed by atoms with Crippen molar-refractivity contribution < 1.29 is 27.5 Å². The number of piperidine rings is 1. The summed E-state index contributed by atoms with van der Waals surface area (Å²) >= 11 is 0. The lowest BCUT2D eigenvalue weighted by Crippen LogP contribution is -2.46. The number of nitrogens with zero attached hydrogens (tertiary/aromatic N) is 3. The van der Waals surface area contributed by atoms with Gasteiger partial charge >= 0.3 is 6.18 Å². The maximum Gasteiger partial charge on any atom is 0.395 e. The molecule has 3 heterocycles. The van der Waals surface area contributed by atoms with Crippen LogP contribution in [0.15, 0.2) is 42.6 Å². The number of pyridine rings is 1. The fourth-order valence-electron chi connectivity index (χ4n) is 5.08. The van der Waals surface area contributed by atoms with Crippen LogP contribution in [0.3, 0.4) is 0 Å². The highest BCUT2D eigenvalue weighted by molar-refractivity contribution is 5.98. The van der Waals surface area contributed by atoms with Gasteiger partial charge in [0, 0.05) is 36.5 Å². The summed E-state index contributed by atoms with van der Waals surface area (Å²) in [5, 5.41) is 0. The Hall–Kier alpha value is -3.14. The number of ether oxygens (including phenoxy) is 1. The maximum absolute atomic E-state index is 13.2. The molecule has 2 N–H and O–H groups in total. The van der Waals surface area contributed by atoms with E-state index in [1.807, 2.05) is 23.1 Å². The molecule has 2 aromatic rings. The van der Waals surface area contributed by atoms with E-state index in [9.17, 15) is 22.8 Å². The van der Waals surface area contributed by atoms with Gasteiger partial charge in [-0.1, -0.05) is 12.1 Å². The normalized spacial score (nSPS) is 19.5. The number of rotatable bonds is 8. The standard InChI is InChI=1S/C28H35F3N4O3/c1-27(2,28(29,30)31)18-34-14-11-19(12-15-34)17-38-24-10-9-22(16-33-24)20-5-7-21(8-6-20)26(37)35-13-3-4-23(35)25(32)36/h5-10,16,19,23H,3-4,11-15,17-18H2,1-2H3,(H2,32,36). The lowest BCUT2D eigenvalue weighted by atomic mass is 9.89. The van der Waals surface area contributed by atoms with Gasteiger partial charge in [0.1, 0.15) is 6.04 Å². The van der Waals surface area contributed by atoms with Crippen LogP contribution in [0.2, 0.25) is 0 Å². The van der Waals surface area contributed by atoms with Crippen molar-refractivity contribution in [3.63, 3.8) is 0 Å². The number of halogens is 3. The van der Waals surface area contributed by atoms with Crippen molar-refractivity contribution in [2.24, 2.45) is 17.1 Å². The molecule has 1 atom stereocenters. The smallest absolute Gasteiger partial charge is 0.395 e. The molecule has 0 spiro atoms. The topological polar surface area (TPSA) is 88.8 Å². The SMILES string of the molecule is CC(C)(CN1CCC(COc2ccc(-c3ccc(C(=O)N4CCCC4C(N)=O)cc3)cn2)CC1)C(F)(F)F. The molecule has 2 amide bonds. The molecule has 0 bridgehead atoms. The number of primary amides is 1. The Morgan fingerprint density at radius 2 is 1.66 bits per heavy atom. The number of aromatic nitrogens is 1. The molecule has 1 aromatic carbocycles. The third-order valence-corrected chi connectivity index (χ3v) is 7.60. The summed E-state index contributed by atoms with van der Waals surface area (Å²) in [5.74, 6) is 0.0928. The Kier molecular flexibility index (Phi) is 8.30. The van der Waals surface area contributed by atoms with Gasteiger partial charge in [0.05, 0.1) is 12.0 Å². The second-order valence-corrected chi connectivity index (χ2v) is 10.9. The number of likely N-dealkylation sites (tertiary alicyclic amines) is 2. The Morgan fingerprint density at radius 1 is 1.00 bits per heavy atom. The lowest BCUT2D eigenvalue weighted by Gasteiger charge is -2.38. The number of hydrogen-bond donors (Lipinski definition) is 1. The first-order chi connectivity index (χ1) is 17.9. The summed E-state index contributed by atoms with van der Waals surface area (Å²) in [6, 6.07) is 10.3. The molecule has 2 fully saturated rings. The zero-order valence-electron chi connectivity index (χ0n) is 21.8. The van der Waals surface area contributed by atoms with Gasteiger partial charge < -0.3 is 20.3 Å². The van der Waals surface area contributed by atoms with Crippen LogP contribution in [0.4, 0.5) is 13.2 Å². The number of carbonyl (C=O) groups excluding carboxylic acids is 2. The van der Waals surface area contributed by atoms with Crippen LogP contribution in [0.25, 0.3) is 11.1 Å². The Labute approximate surface area is 221 Å². The minimum absolute atomic E-state index is 0.00832. The van der Waals surface area contributed by atoms with Gasteiger partial charge in [-0.05, 0) is 82.3 Å². The van der Waals surface area contributed by atoms with Gasteiger partial charge in [0.2, 0.25) is 11.8 Å². The van der Waals surface area contributed by atoms with E-state index in [1.54, 1.807) is 24.4 Å². The summed E-state index contributed by atoms with van der Waals surface area (Å²) in [6.45, 7) is 4.76. The van der Waals surface area contributed by atoms with Gasteiger partial charge in [-0.2, -0.15) is 13.2 Å². The molecule has 0 saturated carbocycles. The molecule has 206 valence electrons. The number of amides is 2. The Bertz CT molecular complexity index is 1110. The van der Waals surface area contributed by atoms with E-state index < -0.39 is 23.5 Å². The first kappa shape index (κ1) is 27.9. The third-order valence-electron chi connectivity index (χ3n) is 7.60. The number of nitrogens with two attached hydrogens (primary N) is 1. The highest BCUT2D eigenvalue weighted by Crippen LogP contribution is 2.38. The van der Waals surface area contributed by atoms with Crippen molar-refractivity contribution >= 4 is 11.8 Å². The van der Waals surface area contributed by atoms with Gasteiger partial charge in [-0.25, -0.2) is 4.98 Å². The highest BCUT2D eigenvalue weighted by Gasteiger charge is 2.48. The van der Waals surface area contributed by atoms with Crippen molar-refractivity contribution in [1.29, 1.82) is 0 Å². The van der Waals surface area contributed by atoms with E-state index in [4.69, 9.17) is 10.5 Å². The molecule has 4 rings (SSSR count). The van der Waals surface area contributed by atoms with Gasteiger partial charge in [-0.15, -0.1) is 0 Å². The van der Waals surface area contributed by atoms with E-state index >= 15 is 0 Å². The number of carbonyl (C=O) groups is 2. The molecule has 38 heavy (non-hydrogen) atoms.